The fourth-order valence-electron chi connectivity index (χ4n) is 3.61. The second-order valence-corrected chi connectivity index (χ2v) is 6.84. The van der Waals surface area contributed by atoms with Crippen LogP contribution >= 0.6 is 0 Å². The number of benzene rings is 1. The van der Waals surface area contributed by atoms with Gasteiger partial charge in [-0.1, -0.05) is 12.1 Å². The summed E-state index contributed by atoms with van der Waals surface area (Å²) in [6, 6.07) is 9.14. The molecule has 0 aliphatic carbocycles. The minimum Gasteiger partial charge on any atom is -0.490 e. The van der Waals surface area contributed by atoms with E-state index < -0.39 is 0 Å². The van der Waals surface area contributed by atoms with Crippen molar-refractivity contribution in [2.75, 3.05) is 20.2 Å². The lowest BCUT2D eigenvalue weighted by Crippen LogP contribution is -2.40. The number of nitrogens with zero attached hydrogens (tertiary/aromatic N) is 2. The topological polar surface area (TPSA) is 88.4 Å². The van der Waals surface area contributed by atoms with E-state index in [0.29, 0.717) is 19.0 Å². The van der Waals surface area contributed by atoms with Crippen molar-refractivity contribution >= 4 is 16.9 Å². The Morgan fingerprint density at radius 3 is 3.04 bits per heavy atom. The molecule has 2 aromatic heterocycles. The van der Waals surface area contributed by atoms with Crippen LogP contribution in [0.1, 0.15) is 29.2 Å². The van der Waals surface area contributed by atoms with E-state index in [4.69, 9.17) is 9.15 Å². The molecular formula is C20H21N3O4. The zero-order valence-corrected chi connectivity index (χ0v) is 15.1. The molecule has 1 amide bonds. The van der Waals surface area contributed by atoms with Crippen molar-refractivity contribution in [2.45, 2.75) is 19.3 Å². The van der Waals surface area contributed by atoms with Crippen LogP contribution in [0, 0.1) is 5.92 Å². The number of rotatable bonds is 4. The molecule has 7 heteroatoms. The second kappa shape index (κ2) is 7.26. The van der Waals surface area contributed by atoms with Gasteiger partial charge in [-0.3, -0.25) is 9.59 Å². The predicted octanol–water partition coefficient (Wildman–Crippen LogP) is 2.62. The molecule has 1 fully saturated rings. The van der Waals surface area contributed by atoms with Crippen molar-refractivity contribution in [1.82, 2.24) is 14.9 Å². The number of amides is 1. The smallest absolute Gasteiger partial charge is 0.289 e. The summed E-state index contributed by atoms with van der Waals surface area (Å²) >= 11 is 0. The molecule has 27 heavy (non-hydrogen) atoms. The zero-order valence-electron chi connectivity index (χ0n) is 15.1. The van der Waals surface area contributed by atoms with Crippen molar-refractivity contribution in [3.63, 3.8) is 0 Å². The molecule has 1 aromatic carbocycles. The summed E-state index contributed by atoms with van der Waals surface area (Å²) in [5.74, 6) is 1.13. The largest absolute Gasteiger partial charge is 0.490 e. The third kappa shape index (κ3) is 3.58. The molecule has 0 spiro atoms. The van der Waals surface area contributed by atoms with Crippen LogP contribution in [-0.2, 0) is 6.42 Å². The second-order valence-electron chi connectivity index (χ2n) is 6.84. The molecule has 140 valence electrons. The van der Waals surface area contributed by atoms with E-state index >= 15 is 0 Å². The number of hydrogen-bond acceptors (Lipinski definition) is 5. The number of piperidine rings is 1. The number of fused-ring (bicyclic) bond motifs is 1. The van der Waals surface area contributed by atoms with E-state index in [1.165, 1.54) is 19.4 Å². The number of hydrogen-bond donors (Lipinski definition) is 1. The summed E-state index contributed by atoms with van der Waals surface area (Å²) in [4.78, 5) is 34.3. The van der Waals surface area contributed by atoms with Gasteiger partial charge in [0.15, 0.2) is 5.76 Å². The Morgan fingerprint density at radius 1 is 1.41 bits per heavy atom. The maximum absolute atomic E-state index is 12.7. The van der Waals surface area contributed by atoms with Gasteiger partial charge < -0.3 is 19.0 Å². The third-order valence-corrected chi connectivity index (χ3v) is 4.96. The number of methoxy groups -OCH3 is 1. The first kappa shape index (κ1) is 17.3. The Morgan fingerprint density at radius 2 is 2.26 bits per heavy atom. The van der Waals surface area contributed by atoms with Crippen molar-refractivity contribution in [3.8, 4) is 5.75 Å². The van der Waals surface area contributed by atoms with Crippen LogP contribution in [0.5, 0.6) is 5.75 Å². The Labute approximate surface area is 156 Å². The molecule has 0 unspecified atom stereocenters. The number of imidazole rings is 1. The standard InChI is InChI=1S/C20H21N3O4/c1-26-18-12-27-17(10-16(18)24)20(25)23-8-4-5-13(11-23)9-19-21-14-6-2-3-7-15(14)22-19/h2-3,6-7,10,12-13H,4-5,8-9,11H2,1H3,(H,21,22)/t13-/m1/s1. The summed E-state index contributed by atoms with van der Waals surface area (Å²) in [7, 11) is 1.39. The number of carbonyl (C=O) groups is 1. The number of nitrogens with one attached hydrogen (secondary N) is 1. The van der Waals surface area contributed by atoms with Gasteiger partial charge in [-0.05, 0) is 30.9 Å². The van der Waals surface area contributed by atoms with Crippen molar-refractivity contribution in [2.24, 2.45) is 5.92 Å². The van der Waals surface area contributed by atoms with E-state index in [1.807, 2.05) is 24.3 Å². The third-order valence-electron chi connectivity index (χ3n) is 4.96. The number of para-hydroxylation sites is 2. The average molecular weight is 367 g/mol. The van der Waals surface area contributed by atoms with Gasteiger partial charge in [0, 0.05) is 25.6 Å². The minimum absolute atomic E-state index is 0.0465. The molecule has 0 saturated carbocycles. The number of carbonyl (C=O) groups excluding carboxylic acids is 1. The Balaban J connectivity index is 1.46. The SMILES string of the molecule is COc1coc(C(=O)N2CCC[C@H](Cc3nc4ccccc4[nH]3)C2)cc1=O. The van der Waals surface area contributed by atoms with Gasteiger partial charge >= 0.3 is 0 Å². The maximum atomic E-state index is 12.7. The lowest BCUT2D eigenvalue weighted by molar-refractivity contribution is 0.0637. The summed E-state index contributed by atoms with van der Waals surface area (Å²) in [5.41, 5.74) is 1.62. The molecule has 0 radical (unpaired) electrons. The highest BCUT2D eigenvalue weighted by molar-refractivity contribution is 5.91. The van der Waals surface area contributed by atoms with Crippen LogP contribution in [0.4, 0.5) is 0 Å². The van der Waals surface area contributed by atoms with E-state index in [0.717, 1.165) is 36.1 Å². The molecular weight excluding hydrogens is 346 g/mol. The van der Waals surface area contributed by atoms with Gasteiger partial charge in [0.1, 0.15) is 12.1 Å². The van der Waals surface area contributed by atoms with Gasteiger partial charge in [-0.25, -0.2) is 4.98 Å². The van der Waals surface area contributed by atoms with Crippen molar-refractivity contribution in [3.05, 3.63) is 58.4 Å². The number of aromatic nitrogens is 2. The van der Waals surface area contributed by atoms with Crippen LogP contribution in [0.3, 0.4) is 0 Å². The highest BCUT2D eigenvalue weighted by Gasteiger charge is 2.27. The first-order valence-corrected chi connectivity index (χ1v) is 9.04. The molecule has 4 rings (SSSR count). The average Bonchev–Trinajstić information content (AvgIpc) is 3.09. The molecule has 1 atom stereocenters. The zero-order chi connectivity index (χ0) is 18.8. The van der Waals surface area contributed by atoms with Crippen LogP contribution in [0.25, 0.3) is 11.0 Å². The number of H-pyrrole nitrogens is 1. The van der Waals surface area contributed by atoms with Crippen LogP contribution < -0.4 is 10.2 Å². The first-order valence-electron chi connectivity index (χ1n) is 9.04. The Bertz CT molecular complexity index is 990. The van der Waals surface area contributed by atoms with E-state index in [2.05, 4.69) is 9.97 Å². The van der Waals surface area contributed by atoms with Gasteiger partial charge in [0.2, 0.25) is 11.2 Å². The molecule has 0 bridgehead atoms. The highest BCUT2D eigenvalue weighted by atomic mass is 16.5. The first-order chi connectivity index (χ1) is 13.1. The summed E-state index contributed by atoms with van der Waals surface area (Å²) in [6.45, 7) is 1.27. The molecule has 1 aliphatic heterocycles. The predicted molar refractivity (Wildman–Crippen MR) is 100.0 cm³/mol. The van der Waals surface area contributed by atoms with Gasteiger partial charge in [-0.15, -0.1) is 0 Å². The highest BCUT2D eigenvalue weighted by Crippen LogP contribution is 2.22. The minimum atomic E-state index is -0.358. The molecule has 1 N–H and O–H groups in total. The molecule has 3 heterocycles. The van der Waals surface area contributed by atoms with E-state index in [1.54, 1.807) is 4.90 Å². The Hall–Kier alpha value is -3.09. The molecule has 1 aliphatic rings. The van der Waals surface area contributed by atoms with E-state index in [9.17, 15) is 9.59 Å². The summed E-state index contributed by atoms with van der Waals surface area (Å²) in [6.07, 6.45) is 3.92. The molecule has 7 nitrogen and oxygen atoms in total. The number of ether oxygens (including phenoxy) is 1. The number of likely N-dealkylation sites (tertiary alicyclic amines) is 1. The molecule has 3 aromatic rings. The summed E-state index contributed by atoms with van der Waals surface area (Å²) < 4.78 is 10.2. The lowest BCUT2D eigenvalue weighted by Gasteiger charge is -2.32. The summed E-state index contributed by atoms with van der Waals surface area (Å²) in [5, 5.41) is 0. The van der Waals surface area contributed by atoms with Gasteiger partial charge in [0.25, 0.3) is 5.91 Å². The normalized spacial score (nSPS) is 17.2. The van der Waals surface area contributed by atoms with Crippen LogP contribution in [0.2, 0.25) is 0 Å². The van der Waals surface area contributed by atoms with Crippen molar-refractivity contribution in [1.29, 1.82) is 0 Å². The van der Waals surface area contributed by atoms with Gasteiger partial charge in [-0.2, -0.15) is 0 Å². The fourth-order valence-corrected chi connectivity index (χ4v) is 3.61. The maximum Gasteiger partial charge on any atom is 0.289 e. The fraction of sp³-hybridized carbons (Fsp3) is 0.350. The Kier molecular flexibility index (Phi) is 4.66. The quantitative estimate of drug-likeness (QED) is 0.766. The van der Waals surface area contributed by atoms with E-state index in [-0.39, 0.29) is 22.8 Å². The molecule has 1 saturated heterocycles. The van der Waals surface area contributed by atoms with Gasteiger partial charge in [0.05, 0.1) is 18.1 Å². The number of aromatic amines is 1. The van der Waals surface area contributed by atoms with Crippen molar-refractivity contribution < 1.29 is 13.9 Å². The monoisotopic (exact) mass is 367 g/mol. The lowest BCUT2D eigenvalue weighted by atomic mass is 9.94. The van der Waals surface area contributed by atoms with Crippen LogP contribution in [0.15, 0.2) is 45.8 Å². The van der Waals surface area contributed by atoms with Crippen LogP contribution in [-0.4, -0.2) is 41.0 Å².